The Morgan fingerprint density at radius 3 is 2.19 bits per heavy atom. The Bertz CT molecular complexity index is 357. The van der Waals surface area contributed by atoms with Gasteiger partial charge in [-0.2, -0.15) is 0 Å². The monoisotopic (exact) mass is 279 g/mol. The third-order valence-electron chi connectivity index (χ3n) is 4.39. The number of rotatable bonds is 1. The van der Waals surface area contributed by atoms with E-state index in [0.29, 0.717) is 5.41 Å². The number of nitrogens with one attached hydrogen (secondary N) is 1. The van der Waals surface area contributed by atoms with Crippen molar-refractivity contribution < 1.29 is 0 Å². The van der Waals surface area contributed by atoms with Crippen molar-refractivity contribution in [3.63, 3.8) is 0 Å². The molecule has 1 heterocycles. The maximum absolute atomic E-state index is 3.50. The molecule has 2 aliphatic rings. The van der Waals surface area contributed by atoms with Gasteiger partial charge in [-0.3, -0.25) is 0 Å². The molecule has 0 atom stereocenters. The number of hydrogen-bond donors (Lipinski definition) is 1. The predicted octanol–water partition coefficient (Wildman–Crippen LogP) is 3.70. The molecule has 1 saturated carbocycles. The van der Waals surface area contributed by atoms with Crippen molar-refractivity contribution >= 4 is 15.9 Å². The fourth-order valence-electron chi connectivity index (χ4n) is 3.13. The highest BCUT2D eigenvalue weighted by atomic mass is 79.9. The highest BCUT2D eigenvalue weighted by molar-refractivity contribution is 9.10. The molecule has 0 bridgehead atoms. The highest BCUT2D eigenvalue weighted by Crippen LogP contribution is 2.45. The normalized spacial score (nSPS) is 24.3. The lowest BCUT2D eigenvalue weighted by Crippen LogP contribution is -2.54. The Labute approximate surface area is 106 Å². The molecule has 0 aromatic heterocycles. The SMILES string of the molecule is Brc1ccc(C2CCC3(CC2)CNC3)cc1. The second-order valence-corrected chi connectivity index (χ2v) is 6.35. The summed E-state index contributed by atoms with van der Waals surface area (Å²) in [5.41, 5.74) is 2.22. The zero-order chi connectivity index (χ0) is 11.0. The first-order valence-electron chi connectivity index (χ1n) is 6.24. The van der Waals surface area contributed by atoms with Gasteiger partial charge in [-0.15, -0.1) is 0 Å². The minimum Gasteiger partial charge on any atom is -0.316 e. The van der Waals surface area contributed by atoms with Crippen LogP contribution in [0.1, 0.15) is 37.2 Å². The molecule has 1 aromatic rings. The van der Waals surface area contributed by atoms with Crippen LogP contribution >= 0.6 is 15.9 Å². The van der Waals surface area contributed by atoms with E-state index >= 15 is 0 Å². The third kappa shape index (κ3) is 1.93. The first-order chi connectivity index (χ1) is 7.77. The largest absolute Gasteiger partial charge is 0.316 e. The summed E-state index contributed by atoms with van der Waals surface area (Å²) in [6.07, 6.45) is 5.59. The zero-order valence-electron chi connectivity index (χ0n) is 9.51. The Morgan fingerprint density at radius 1 is 1.06 bits per heavy atom. The fourth-order valence-corrected chi connectivity index (χ4v) is 3.39. The van der Waals surface area contributed by atoms with Gasteiger partial charge in [0.25, 0.3) is 0 Å². The minimum atomic E-state index is 0.686. The van der Waals surface area contributed by atoms with Crippen molar-refractivity contribution in [2.45, 2.75) is 31.6 Å². The first-order valence-corrected chi connectivity index (χ1v) is 7.03. The van der Waals surface area contributed by atoms with E-state index in [1.165, 1.54) is 48.8 Å². The maximum Gasteiger partial charge on any atom is 0.0175 e. The molecule has 0 unspecified atom stereocenters. The van der Waals surface area contributed by atoms with Crippen LogP contribution in [0, 0.1) is 5.41 Å². The smallest absolute Gasteiger partial charge is 0.0175 e. The molecule has 1 spiro atoms. The van der Waals surface area contributed by atoms with E-state index in [4.69, 9.17) is 0 Å². The van der Waals surface area contributed by atoms with Crippen molar-refractivity contribution in [2.24, 2.45) is 5.41 Å². The Balaban J connectivity index is 1.67. The van der Waals surface area contributed by atoms with Crippen molar-refractivity contribution in [3.8, 4) is 0 Å². The average molecular weight is 280 g/mol. The molecule has 1 nitrogen and oxygen atoms in total. The summed E-state index contributed by atoms with van der Waals surface area (Å²) in [6.45, 7) is 2.53. The van der Waals surface area contributed by atoms with Crippen LogP contribution in [0.3, 0.4) is 0 Å². The molecule has 2 heteroatoms. The molecular weight excluding hydrogens is 262 g/mol. The van der Waals surface area contributed by atoms with Gasteiger partial charge in [0.2, 0.25) is 0 Å². The number of hydrogen-bond acceptors (Lipinski definition) is 1. The third-order valence-corrected chi connectivity index (χ3v) is 4.92. The van der Waals surface area contributed by atoms with E-state index in [9.17, 15) is 0 Å². The van der Waals surface area contributed by atoms with Crippen molar-refractivity contribution in [1.29, 1.82) is 0 Å². The van der Waals surface area contributed by atoms with Crippen molar-refractivity contribution in [1.82, 2.24) is 5.32 Å². The number of halogens is 1. The van der Waals surface area contributed by atoms with Gasteiger partial charge < -0.3 is 5.32 Å². The minimum absolute atomic E-state index is 0.686. The van der Waals surface area contributed by atoms with Gasteiger partial charge in [-0.05, 0) is 54.7 Å². The number of benzene rings is 1. The van der Waals surface area contributed by atoms with E-state index in [-0.39, 0.29) is 0 Å². The maximum atomic E-state index is 3.50. The van der Waals surface area contributed by atoms with E-state index < -0.39 is 0 Å². The molecule has 1 aliphatic heterocycles. The van der Waals surface area contributed by atoms with Crippen LogP contribution in [0.2, 0.25) is 0 Å². The van der Waals surface area contributed by atoms with Gasteiger partial charge >= 0.3 is 0 Å². The topological polar surface area (TPSA) is 12.0 Å². The predicted molar refractivity (Wildman–Crippen MR) is 70.7 cm³/mol. The van der Waals surface area contributed by atoms with E-state index in [1.807, 2.05) is 0 Å². The average Bonchev–Trinajstić information content (AvgIpc) is 2.28. The fraction of sp³-hybridized carbons (Fsp3) is 0.571. The lowest BCUT2D eigenvalue weighted by molar-refractivity contribution is 0.0975. The summed E-state index contributed by atoms with van der Waals surface area (Å²) in [5.74, 6) is 0.805. The Kier molecular flexibility index (Phi) is 2.80. The molecule has 86 valence electrons. The second kappa shape index (κ2) is 4.15. The van der Waals surface area contributed by atoms with Crippen LogP contribution in [0.4, 0.5) is 0 Å². The Morgan fingerprint density at radius 2 is 1.69 bits per heavy atom. The summed E-state index contributed by atoms with van der Waals surface area (Å²) in [5, 5.41) is 3.43. The lowest BCUT2D eigenvalue weighted by Gasteiger charge is -2.47. The lowest BCUT2D eigenvalue weighted by atomic mass is 9.66. The molecule has 1 aliphatic carbocycles. The van der Waals surface area contributed by atoms with Crippen molar-refractivity contribution in [3.05, 3.63) is 34.3 Å². The van der Waals surface area contributed by atoms with Gasteiger partial charge in [0.1, 0.15) is 0 Å². The van der Waals surface area contributed by atoms with Gasteiger partial charge in [-0.1, -0.05) is 28.1 Å². The summed E-state index contributed by atoms with van der Waals surface area (Å²) >= 11 is 3.50. The van der Waals surface area contributed by atoms with Crippen molar-refractivity contribution in [2.75, 3.05) is 13.1 Å². The molecule has 1 saturated heterocycles. The van der Waals surface area contributed by atoms with E-state index in [1.54, 1.807) is 0 Å². The quantitative estimate of drug-likeness (QED) is 0.827. The van der Waals surface area contributed by atoms with Crippen LogP contribution in [0.15, 0.2) is 28.7 Å². The van der Waals surface area contributed by atoms with E-state index in [2.05, 4.69) is 45.5 Å². The molecule has 16 heavy (non-hydrogen) atoms. The molecule has 3 rings (SSSR count). The second-order valence-electron chi connectivity index (χ2n) is 5.43. The van der Waals surface area contributed by atoms with Gasteiger partial charge in [0.05, 0.1) is 0 Å². The molecule has 0 radical (unpaired) electrons. The first kappa shape index (κ1) is 10.8. The van der Waals surface area contributed by atoms with Crippen LogP contribution in [-0.2, 0) is 0 Å². The summed E-state index contributed by atoms with van der Waals surface area (Å²) in [6, 6.07) is 8.91. The molecular formula is C14H18BrN. The van der Waals surface area contributed by atoms with Gasteiger partial charge in [-0.25, -0.2) is 0 Å². The van der Waals surface area contributed by atoms with Crippen LogP contribution in [0.5, 0.6) is 0 Å². The Hall–Kier alpha value is -0.340. The summed E-state index contributed by atoms with van der Waals surface area (Å²) in [7, 11) is 0. The molecule has 0 amide bonds. The van der Waals surface area contributed by atoms with Gasteiger partial charge in [0, 0.05) is 17.6 Å². The summed E-state index contributed by atoms with van der Waals surface area (Å²) in [4.78, 5) is 0. The molecule has 1 aromatic carbocycles. The van der Waals surface area contributed by atoms with Crippen LogP contribution in [-0.4, -0.2) is 13.1 Å². The van der Waals surface area contributed by atoms with Gasteiger partial charge in [0.15, 0.2) is 0 Å². The molecule has 1 N–H and O–H groups in total. The van der Waals surface area contributed by atoms with E-state index in [0.717, 1.165) is 5.92 Å². The standard InChI is InChI=1S/C14H18BrN/c15-13-3-1-11(2-4-13)12-5-7-14(8-6-12)9-16-10-14/h1-4,12,16H,5-10H2. The highest BCUT2D eigenvalue weighted by Gasteiger charge is 2.40. The molecule has 2 fully saturated rings. The van der Waals surface area contributed by atoms with Crippen LogP contribution in [0.25, 0.3) is 0 Å². The van der Waals surface area contributed by atoms with Crippen LogP contribution < -0.4 is 5.32 Å². The zero-order valence-corrected chi connectivity index (χ0v) is 11.1. The summed E-state index contributed by atoms with van der Waals surface area (Å²) < 4.78 is 1.19.